The molecule has 8 rings (SSSR count). The number of para-hydroxylation sites is 2. The molecular formula is C40H32N2. The lowest BCUT2D eigenvalue weighted by Crippen LogP contribution is -2.16. The van der Waals surface area contributed by atoms with Gasteiger partial charge in [-0.25, -0.2) is 0 Å². The van der Waals surface area contributed by atoms with Gasteiger partial charge in [0.15, 0.2) is 0 Å². The van der Waals surface area contributed by atoms with Crippen molar-refractivity contribution in [2.24, 2.45) is 0 Å². The van der Waals surface area contributed by atoms with Gasteiger partial charge in [0.25, 0.3) is 0 Å². The Kier molecular flexibility index (Phi) is 6.11. The smallest absolute Gasteiger partial charge is 0.0541 e. The van der Waals surface area contributed by atoms with Gasteiger partial charge in [0.2, 0.25) is 0 Å². The molecule has 0 bridgehead atoms. The van der Waals surface area contributed by atoms with Gasteiger partial charge < -0.3 is 9.47 Å². The standard InChI is InChI=1S/C40H32N2/c1-2-20-36-37-21-9-11-24-40(37)42(39(36)23-3-1)35-18-8-6-14-30(27-35)31-17-12-19-34(26-31)41-28-33-16-5-4-13-29(33)25-32-15-7-10-22-38(32)41/h2-13,15-24,26-27H,1,14,25,28H2. The van der Waals surface area contributed by atoms with Crippen molar-refractivity contribution in [2.45, 2.75) is 25.8 Å². The SMILES string of the molecule is C1=CCC(c2cccc(N3Cc4ccccc4Cc4ccccc43)c2)=CC(n2c3c(c4ccccc42)C=CCC=C3)=C1. The highest BCUT2D eigenvalue weighted by atomic mass is 15.1. The summed E-state index contributed by atoms with van der Waals surface area (Å²) in [6.07, 6.45) is 21.0. The molecule has 4 aromatic carbocycles. The fourth-order valence-corrected chi connectivity index (χ4v) is 6.71. The Morgan fingerprint density at radius 2 is 1.48 bits per heavy atom. The minimum atomic E-state index is 0.863. The van der Waals surface area contributed by atoms with E-state index in [4.69, 9.17) is 0 Å². The Hall–Kier alpha value is -5.08. The first-order valence-electron chi connectivity index (χ1n) is 14.9. The second kappa shape index (κ2) is 10.4. The lowest BCUT2D eigenvalue weighted by atomic mass is 10.0. The van der Waals surface area contributed by atoms with Crippen molar-refractivity contribution in [3.63, 3.8) is 0 Å². The van der Waals surface area contributed by atoms with Crippen LogP contribution >= 0.6 is 0 Å². The first-order chi connectivity index (χ1) is 20.8. The van der Waals surface area contributed by atoms with Crippen molar-refractivity contribution in [3.05, 3.63) is 167 Å². The number of benzene rings is 4. The first kappa shape index (κ1) is 24.7. The van der Waals surface area contributed by atoms with Crippen molar-refractivity contribution in [1.29, 1.82) is 0 Å². The van der Waals surface area contributed by atoms with Crippen LogP contribution in [0.3, 0.4) is 0 Å². The van der Waals surface area contributed by atoms with Gasteiger partial charge in [-0.3, -0.25) is 0 Å². The lowest BCUT2D eigenvalue weighted by Gasteiger charge is -2.26. The third-order valence-electron chi connectivity index (χ3n) is 8.74. The fourth-order valence-electron chi connectivity index (χ4n) is 6.71. The van der Waals surface area contributed by atoms with E-state index >= 15 is 0 Å². The maximum absolute atomic E-state index is 2.49. The third-order valence-corrected chi connectivity index (χ3v) is 8.74. The van der Waals surface area contributed by atoms with Crippen LogP contribution in [-0.2, 0) is 13.0 Å². The summed E-state index contributed by atoms with van der Waals surface area (Å²) < 4.78 is 2.43. The van der Waals surface area contributed by atoms with E-state index in [1.54, 1.807) is 0 Å². The van der Waals surface area contributed by atoms with Crippen LogP contribution in [-0.4, -0.2) is 4.57 Å². The van der Waals surface area contributed by atoms with E-state index in [2.05, 4.69) is 155 Å². The molecule has 3 aliphatic rings. The number of hydrogen-bond donors (Lipinski definition) is 0. The van der Waals surface area contributed by atoms with E-state index in [0.29, 0.717) is 0 Å². The molecule has 2 nitrogen and oxygen atoms in total. The van der Waals surface area contributed by atoms with E-state index in [9.17, 15) is 0 Å². The summed E-state index contributed by atoms with van der Waals surface area (Å²) in [5.74, 6) is 0. The maximum atomic E-state index is 2.49. The van der Waals surface area contributed by atoms with Gasteiger partial charge in [0, 0.05) is 34.6 Å². The van der Waals surface area contributed by atoms with Gasteiger partial charge in [0.05, 0.1) is 11.2 Å². The first-order valence-corrected chi connectivity index (χ1v) is 14.9. The topological polar surface area (TPSA) is 8.17 Å². The fraction of sp³-hybridized carbons (Fsp3) is 0.100. The zero-order valence-electron chi connectivity index (χ0n) is 23.6. The predicted octanol–water partition coefficient (Wildman–Crippen LogP) is 10.2. The van der Waals surface area contributed by atoms with E-state index in [1.807, 2.05) is 0 Å². The zero-order valence-corrected chi connectivity index (χ0v) is 23.6. The summed E-state index contributed by atoms with van der Waals surface area (Å²) in [7, 11) is 0. The second-order valence-electron chi connectivity index (χ2n) is 11.3. The van der Waals surface area contributed by atoms with Crippen LogP contribution < -0.4 is 4.90 Å². The normalized spacial score (nSPS) is 15.7. The molecule has 0 radical (unpaired) electrons. The molecular weight excluding hydrogens is 508 g/mol. The molecule has 1 aromatic heterocycles. The minimum absolute atomic E-state index is 0.863. The summed E-state index contributed by atoms with van der Waals surface area (Å²) in [6, 6.07) is 35.6. The third kappa shape index (κ3) is 4.28. The van der Waals surface area contributed by atoms with E-state index in [1.165, 1.54) is 67.1 Å². The average molecular weight is 541 g/mol. The molecule has 0 unspecified atom stereocenters. The summed E-state index contributed by atoms with van der Waals surface area (Å²) in [6.45, 7) is 0.863. The van der Waals surface area contributed by atoms with Crippen LogP contribution in [0.5, 0.6) is 0 Å². The molecule has 0 saturated heterocycles. The van der Waals surface area contributed by atoms with Crippen molar-refractivity contribution in [1.82, 2.24) is 4.57 Å². The van der Waals surface area contributed by atoms with Gasteiger partial charge in [-0.1, -0.05) is 103 Å². The van der Waals surface area contributed by atoms with Gasteiger partial charge in [-0.05, 0) is 89.6 Å². The lowest BCUT2D eigenvalue weighted by molar-refractivity contribution is 0.977. The number of anilines is 2. The van der Waals surface area contributed by atoms with Crippen molar-refractivity contribution < 1.29 is 0 Å². The minimum Gasteiger partial charge on any atom is -0.337 e. The Morgan fingerprint density at radius 1 is 0.667 bits per heavy atom. The van der Waals surface area contributed by atoms with E-state index in [0.717, 1.165) is 25.8 Å². The number of aromatic nitrogens is 1. The monoisotopic (exact) mass is 540 g/mol. The number of nitrogens with zero attached hydrogens (tertiary/aromatic N) is 2. The zero-order chi connectivity index (χ0) is 27.9. The molecule has 5 aromatic rings. The summed E-state index contributed by atoms with van der Waals surface area (Å²) in [4.78, 5) is 2.49. The molecule has 2 heteroatoms. The largest absolute Gasteiger partial charge is 0.337 e. The van der Waals surface area contributed by atoms with Crippen LogP contribution in [0.15, 0.2) is 134 Å². The predicted molar refractivity (Wildman–Crippen MR) is 179 cm³/mol. The van der Waals surface area contributed by atoms with E-state index in [-0.39, 0.29) is 0 Å². The molecule has 0 fully saturated rings. The van der Waals surface area contributed by atoms with Gasteiger partial charge >= 0.3 is 0 Å². The molecule has 0 N–H and O–H groups in total. The Labute approximate surface area is 247 Å². The molecule has 1 aliphatic heterocycles. The van der Waals surface area contributed by atoms with Gasteiger partial charge in [-0.2, -0.15) is 0 Å². The highest BCUT2D eigenvalue weighted by molar-refractivity contribution is 5.98. The second-order valence-corrected chi connectivity index (χ2v) is 11.3. The van der Waals surface area contributed by atoms with E-state index < -0.39 is 0 Å². The highest BCUT2D eigenvalue weighted by Crippen LogP contribution is 2.39. The Bertz CT molecular complexity index is 1990. The van der Waals surface area contributed by atoms with Crippen LogP contribution in [0.4, 0.5) is 11.4 Å². The van der Waals surface area contributed by atoms with Crippen LogP contribution in [0.25, 0.3) is 34.3 Å². The summed E-state index contributed by atoms with van der Waals surface area (Å²) >= 11 is 0. The highest BCUT2D eigenvalue weighted by Gasteiger charge is 2.21. The summed E-state index contributed by atoms with van der Waals surface area (Å²) in [5, 5.41) is 1.29. The van der Waals surface area contributed by atoms with Crippen LogP contribution in [0, 0.1) is 0 Å². The molecule has 2 aliphatic carbocycles. The van der Waals surface area contributed by atoms with Crippen molar-refractivity contribution >= 4 is 45.7 Å². The van der Waals surface area contributed by atoms with Gasteiger partial charge in [0.1, 0.15) is 0 Å². The Balaban J connectivity index is 1.23. The number of rotatable bonds is 3. The Morgan fingerprint density at radius 3 is 2.43 bits per heavy atom. The average Bonchev–Trinajstić information content (AvgIpc) is 3.33. The number of hydrogen-bond acceptors (Lipinski definition) is 1. The molecule has 0 spiro atoms. The molecule has 0 saturated carbocycles. The summed E-state index contributed by atoms with van der Waals surface area (Å²) in [5.41, 5.74) is 14.3. The molecule has 0 amide bonds. The molecule has 202 valence electrons. The number of allylic oxidation sites excluding steroid dienone is 8. The quantitative estimate of drug-likeness (QED) is 0.221. The molecule has 42 heavy (non-hydrogen) atoms. The number of fused-ring (bicyclic) bond motifs is 5. The molecule has 0 atom stereocenters. The van der Waals surface area contributed by atoms with Crippen LogP contribution in [0.1, 0.15) is 46.4 Å². The van der Waals surface area contributed by atoms with Crippen LogP contribution in [0.2, 0.25) is 0 Å². The maximum Gasteiger partial charge on any atom is 0.0541 e. The van der Waals surface area contributed by atoms with Crippen molar-refractivity contribution in [3.8, 4) is 0 Å². The molecule has 2 heterocycles. The van der Waals surface area contributed by atoms with Gasteiger partial charge in [-0.15, -0.1) is 0 Å². The van der Waals surface area contributed by atoms with Crippen molar-refractivity contribution in [2.75, 3.05) is 4.90 Å².